The lowest BCUT2D eigenvalue weighted by Crippen LogP contribution is -2.34. The third-order valence-electron chi connectivity index (χ3n) is 4.87. The number of fused-ring (bicyclic) bond motifs is 2. The third kappa shape index (κ3) is 1.41. The second kappa shape index (κ2) is 3.58. The number of ketones is 1. The lowest BCUT2D eigenvalue weighted by Gasteiger charge is -2.36. The monoisotopic (exact) mass is 218 g/mol. The second-order valence-corrected chi connectivity index (χ2v) is 6.03. The number of hydrogen-bond acceptors (Lipinski definition) is 1. The van der Waals surface area contributed by atoms with Gasteiger partial charge in [-0.2, -0.15) is 0 Å². The molecule has 0 aromatic heterocycles. The molecule has 2 rings (SSSR count). The average Bonchev–Trinajstić information content (AvgIpc) is 2.52. The first-order chi connectivity index (χ1) is 7.40. The van der Waals surface area contributed by atoms with Gasteiger partial charge >= 0.3 is 0 Å². The predicted octanol–water partition coefficient (Wildman–Crippen LogP) is 3.90. The van der Waals surface area contributed by atoms with Crippen molar-refractivity contribution in [2.75, 3.05) is 0 Å². The van der Waals surface area contributed by atoms with Gasteiger partial charge in [-0.25, -0.2) is 0 Å². The first kappa shape index (κ1) is 11.6. The molecule has 0 saturated heterocycles. The fourth-order valence-corrected chi connectivity index (χ4v) is 3.32. The molecule has 0 aliphatic heterocycles. The number of carbonyl (C=O) groups is 1. The van der Waals surface area contributed by atoms with E-state index in [1.807, 2.05) is 0 Å². The summed E-state index contributed by atoms with van der Waals surface area (Å²) < 4.78 is 0. The van der Waals surface area contributed by atoms with E-state index < -0.39 is 0 Å². The number of allylic oxidation sites excluding steroid dienone is 4. The van der Waals surface area contributed by atoms with E-state index in [1.54, 1.807) is 0 Å². The number of hydrogen-bond donors (Lipinski definition) is 0. The van der Waals surface area contributed by atoms with Gasteiger partial charge in [0, 0.05) is 6.42 Å². The van der Waals surface area contributed by atoms with E-state index in [2.05, 4.69) is 45.9 Å². The van der Waals surface area contributed by atoms with Gasteiger partial charge in [-0.15, -0.1) is 0 Å². The van der Waals surface area contributed by atoms with E-state index in [-0.39, 0.29) is 10.8 Å². The van der Waals surface area contributed by atoms with Gasteiger partial charge in [0.05, 0.1) is 5.41 Å². The molecule has 0 aromatic carbocycles. The largest absolute Gasteiger partial charge is 0.299 e. The smallest absolute Gasteiger partial charge is 0.143 e. The van der Waals surface area contributed by atoms with Crippen molar-refractivity contribution < 1.29 is 4.79 Å². The first-order valence-corrected chi connectivity index (χ1v) is 6.26. The zero-order valence-electron chi connectivity index (χ0n) is 10.8. The van der Waals surface area contributed by atoms with Crippen LogP contribution in [0.5, 0.6) is 0 Å². The van der Waals surface area contributed by atoms with Crippen molar-refractivity contribution >= 4 is 5.78 Å². The molecule has 0 heterocycles. The minimum atomic E-state index is -0.187. The van der Waals surface area contributed by atoms with E-state index >= 15 is 0 Å². The minimum Gasteiger partial charge on any atom is -0.299 e. The maximum atomic E-state index is 12.0. The highest BCUT2D eigenvalue weighted by molar-refractivity contribution is 5.92. The third-order valence-corrected chi connectivity index (χ3v) is 4.87. The summed E-state index contributed by atoms with van der Waals surface area (Å²) in [6.07, 6.45) is 9.70. The Labute approximate surface area is 98.6 Å². The molecule has 16 heavy (non-hydrogen) atoms. The van der Waals surface area contributed by atoms with Crippen molar-refractivity contribution in [1.82, 2.24) is 0 Å². The van der Waals surface area contributed by atoms with Crippen molar-refractivity contribution in [2.45, 2.75) is 47.0 Å². The van der Waals surface area contributed by atoms with Crippen molar-refractivity contribution in [3.05, 3.63) is 23.8 Å². The molecule has 1 heteroatoms. The lowest BCUT2D eigenvalue weighted by molar-refractivity contribution is -0.125. The Morgan fingerprint density at radius 1 is 1.50 bits per heavy atom. The van der Waals surface area contributed by atoms with Crippen LogP contribution in [0.1, 0.15) is 47.0 Å². The maximum absolute atomic E-state index is 12.0. The number of rotatable bonds is 3. The zero-order valence-corrected chi connectivity index (χ0v) is 10.8. The lowest BCUT2D eigenvalue weighted by atomic mass is 9.66. The molecule has 2 bridgehead atoms. The van der Waals surface area contributed by atoms with E-state index in [9.17, 15) is 4.79 Å². The molecule has 3 atom stereocenters. The molecule has 0 radical (unpaired) electrons. The van der Waals surface area contributed by atoms with Crippen molar-refractivity contribution in [1.29, 1.82) is 0 Å². The van der Waals surface area contributed by atoms with Crippen LogP contribution in [0.25, 0.3) is 0 Å². The Morgan fingerprint density at radius 3 is 2.62 bits per heavy atom. The van der Waals surface area contributed by atoms with Crippen LogP contribution < -0.4 is 0 Å². The van der Waals surface area contributed by atoms with Crippen LogP contribution in [0.15, 0.2) is 23.8 Å². The first-order valence-electron chi connectivity index (χ1n) is 6.26. The molecule has 88 valence electrons. The van der Waals surface area contributed by atoms with Crippen LogP contribution in [0.4, 0.5) is 0 Å². The van der Waals surface area contributed by atoms with Crippen LogP contribution >= 0.6 is 0 Å². The van der Waals surface area contributed by atoms with Gasteiger partial charge < -0.3 is 0 Å². The molecule has 0 N–H and O–H groups in total. The van der Waals surface area contributed by atoms with Gasteiger partial charge in [-0.05, 0) is 44.9 Å². The van der Waals surface area contributed by atoms with Gasteiger partial charge in [-0.3, -0.25) is 4.79 Å². The van der Waals surface area contributed by atoms with Gasteiger partial charge in [0.25, 0.3) is 0 Å². The molecule has 0 spiro atoms. The van der Waals surface area contributed by atoms with Crippen molar-refractivity contribution in [2.24, 2.45) is 16.7 Å². The molecule has 1 fully saturated rings. The highest BCUT2D eigenvalue weighted by atomic mass is 16.1. The molecule has 0 amide bonds. The van der Waals surface area contributed by atoms with Crippen molar-refractivity contribution in [3.8, 4) is 0 Å². The summed E-state index contributed by atoms with van der Waals surface area (Å²) >= 11 is 0. The molecule has 2 aliphatic carbocycles. The molecule has 0 aromatic rings. The molecule has 2 aliphatic rings. The fourth-order valence-electron chi connectivity index (χ4n) is 3.32. The van der Waals surface area contributed by atoms with E-state index in [0.29, 0.717) is 11.7 Å². The van der Waals surface area contributed by atoms with Crippen LogP contribution in [-0.2, 0) is 4.79 Å². The summed E-state index contributed by atoms with van der Waals surface area (Å²) in [6.45, 7) is 8.69. The summed E-state index contributed by atoms with van der Waals surface area (Å²) in [4.78, 5) is 12.0. The average molecular weight is 218 g/mol. The van der Waals surface area contributed by atoms with Gasteiger partial charge in [0.2, 0.25) is 0 Å². The van der Waals surface area contributed by atoms with E-state index in [0.717, 1.165) is 19.3 Å². The Balaban J connectivity index is 2.15. The quantitative estimate of drug-likeness (QED) is 0.656. The summed E-state index contributed by atoms with van der Waals surface area (Å²) in [5.41, 5.74) is 1.35. The Kier molecular flexibility index (Phi) is 2.60. The Bertz CT molecular complexity index is 373. The van der Waals surface area contributed by atoms with Crippen LogP contribution in [0, 0.1) is 16.7 Å². The Morgan fingerprint density at radius 2 is 2.19 bits per heavy atom. The molecule has 1 nitrogen and oxygen atoms in total. The van der Waals surface area contributed by atoms with Gasteiger partial charge in [0.1, 0.15) is 5.78 Å². The molecule has 1 saturated carbocycles. The standard InChI is InChI=1S/C15H22O/c1-11(2)6-5-8-14(3)12-7-9-15(14,4)13(16)10-12/h6-7,9,12H,5,8,10H2,1-4H3/t12-,14+,15+/m1/s1. The molecular formula is C15H22O. The zero-order chi connectivity index (χ0) is 12.0. The van der Waals surface area contributed by atoms with Crippen molar-refractivity contribution in [3.63, 3.8) is 0 Å². The van der Waals surface area contributed by atoms with Crippen LogP contribution in [-0.4, -0.2) is 5.78 Å². The predicted molar refractivity (Wildman–Crippen MR) is 67.1 cm³/mol. The van der Waals surface area contributed by atoms with Crippen LogP contribution in [0.3, 0.4) is 0 Å². The van der Waals surface area contributed by atoms with E-state index in [1.165, 1.54) is 5.57 Å². The minimum absolute atomic E-state index is 0.163. The summed E-state index contributed by atoms with van der Waals surface area (Å²) in [6, 6.07) is 0. The summed E-state index contributed by atoms with van der Waals surface area (Å²) in [5, 5.41) is 0. The summed E-state index contributed by atoms with van der Waals surface area (Å²) in [5.74, 6) is 0.926. The van der Waals surface area contributed by atoms with Gasteiger partial charge in [0.15, 0.2) is 0 Å². The topological polar surface area (TPSA) is 17.1 Å². The highest BCUT2D eigenvalue weighted by Gasteiger charge is 2.60. The maximum Gasteiger partial charge on any atom is 0.143 e. The highest BCUT2D eigenvalue weighted by Crippen LogP contribution is 2.62. The fraction of sp³-hybridized carbons (Fsp3) is 0.667. The van der Waals surface area contributed by atoms with Crippen LogP contribution in [0.2, 0.25) is 0 Å². The number of carbonyl (C=O) groups excluding carboxylic acids is 1. The van der Waals surface area contributed by atoms with E-state index in [4.69, 9.17) is 0 Å². The number of Topliss-reactive ketones (excluding diaryl/α,β-unsaturated/α-hetero) is 1. The normalized spacial score (nSPS) is 40.5. The van der Waals surface area contributed by atoms with Gasteiger partial charge in [-0.1, -0.05) is 30.7 Å². The molecule has 0 unspecified atom stereocenters. The summed E-state index contributed by atoms with van der Waals surface area (Å²) in [7, 11) is 0. The molecular weight excluding hydrogens is 196 g/mol. The Hall–Kier alpha value is -0.850. The second-order valence-electron chi connectivity index (χ2n) is 6.03. The SMILES string of the molecule is CC(C)=CCC[C@@]1(C)[C@@H]2C=C[C@@]1(C)C(=O)C2.